The highest BCUT2D eigenvalue weighted by Gasteiger charge is 2.23. The van der Waals surface area contributed by atoms with Crippen LogP contribution in [0.2, 0.25) is 0 Å². The summed E-state index contributed by atoms with van der Waals surface area (Å²) in [5, 5.41) is 12.7. The Bertz CT molecular complexity index is 361. The number of aliphatic hydroxyl groups excluding tert-OH is 1. The Labute approximate surface area is 96.7 Å². The second-order valence-corrected chi connectivity index (χ2v) is 4.50. The molecule has 0 bridgehead atoms. The molecule has 0 heterocycles. The Morgan fingerprint density at radius 1 is 1.56 bits per heavy atom. The lowest BCUT2D eigenvalue weighted by Gasteiger charge is -2.20. The third-order valence-corrected chi connectivity index (χ3v) is 3.39. The highest BCUT2D eigenvalue weighted by atomic mass is 16.3. The number of aryl methyl sites for hydroxylation is 1. The predicted molar refractivity (Wildman–Crippen MR) is 66.2 cm³/mol. The number of anilines is 1. The first-order valence-corrected chi connectivity index (χ1v) is 5.99. The summed E-state index contributed by atoms with van der Waals surface area (Å²) < 4.78 is 0. The number of nitrogens with one attached hydrogen (secondary N) is 1. The van der Waals surface area contributed by atoms with Crippen molar-refractivity contribution in [1.29, 1.82) is 0 Å². The van der Waals surface area contributed by atoms with Gasteiger partial charge in [0.25, 0.3) is 0 Å². The predicted octanol–water partition coefficient (Wildman–Crippen LogP) is 1.62. The zero-order valence-corrected chi connectivity index (χ0v) is 9.74. The number of hydrogen-bond donors (Lipinski definition) is 3. The lowest BCUT2D eigenvalue weighted by Crippen LogP contribution is -2.34. The molecule has 0 radical (unpaired) electrons. The van der Waals surface area contributed by atoms with Crippen LogP contribution in [-0.4, -0.2) is 17.8 Å². The average molecular weight is 220 g/mol. The minimum Gasteiger partial charge on any atom is -0.399 e. The van der Waals surface area contributed by atoms with Gasteiger partial charge in [0.2, 0.25) is 0 Å². The van der Waals surface area contributed by atoms with Gasteiger partial charge in [0, 0.05) is 17.8 Å². The van der Waals surface area contributed by atoms with Gasteiger partial charge in [0.15, 0.2) is 0 Å². The third-order valence-electron chi connectivity index (χ3n) is 3.39. The maximum Gasteiger partial charge on any atom is 0.0584 e. The summed E-state index contributed by atoms with van der Waals surface area (Å²) in [6.07, 6.45) is 3.15. The van der Waals surface area contributed by atoms with E-state index in [0.29, 0.717) is 6.04 Å². The first-order valence-electron chi connectivity index (χ1n) is 5.99. The molecule has 1 aromatic carbocycles. The van der Waals surface area contributed by atoms with Crippen LogP contribution in [0.5, 0.6) is 0 Å². The number of aliphatic hydroxyl groups is 1. The van der Waals surface area contributed by atoms with Crippen LogP contribution in [-0.2, 0) is 6.42 Å². The lowest BCUT2D eigenvalue weighted by molar-refractivity contribution is 0.227. The van der Waals surface area contributed by atoms with Crippen LogP contribution in [0.15, 0.2) is 18.2 Å². The van der Waals surface area contributed by atoms with Gasteiger partial charge in [0.1, 0.15) is 0 Å². The summed E-state index contributed by atoms with van der Waals surface area (Å²) in [5.41, 5.74) is 9.31. The van der Waals surface area contributed by atoms with Gasteiger partial charge < -0.3 is 16.2 Å². The Kier molecular flexibility index (Phi) is 3.46. The molecule has 0 fully saturated rings. The Morgan fingerprint density at radius 2 is 2.38 bits per heavy atom. The molecule has 16 heavy (non-hydrogen) atoms. The summed E-state index contributed by atoms with van der Waals surface area (Å²) in [5.74, 6) is 0. The van der Waals surface area contributed by atoms with Gasteiger partial charge >= 0.3 is 0 Å². The number of fused-ring (bicyclic) bond motifs is 1. The number of hydrogen-bond acceptors (Lipinski definition) is 3. The molecule has 0 spiro atoms. The molecule has 3 heteroatoms. The summed E-state index contributed by atoms with van der Waals surface area (Å²) in [6.45, 7) is 2.30. The Hall–Kier alpha value is -1.06. The van der Waals surface area contributed by atoms with Crippen molar-refractivity contribution in [1.82, 2.24) is 5.32 Å². The second kappa shape index (κ2) is 4.85. The van der Waals surface area contributed by atoms with E-state index in [1.54, 1.807) is 0 Å². The quantitative estimate of drug-likeness (QED) is 0.676. The van der Waals surface area contributed by atoms with Crippen LogP contribution in [0.25, 0.3) is 0 Å². The third kappa shape index (κ3) is 2.20. The summed E-state index contributed by atoms with van der Waals surface area (Å²) >= 11 is 0. The molecular formula is C13H20N2O. The van der Waals surface area contributed by atoms with E-state index in [2.05, 4.69) is 24.4 Å². The molecule has 2 atom stereocenters. The summed E-state index contributed by atoms with van der Waals surface area (Å²) in [4.78, 5) is 0. The smallest absolute Gasteiger partial charge is 0.0584 e. The number of rotatable bonds is 4. The molecule has 0 aromatic heterocycles. The van der Waals surface area contributed by atoms with E-state index in [1.165, 1.54) is 11.1 Å². The minimum atomic E-state index is 0.202. The van der Waals surface area contributed by atoms with E-state index in [1.807, 2.05) is 6.07 Å². The van der Waals surface area contributed by atoms with Crippen LogP contribution in [0.1, 0.15) is 36.9 Å². The van der Waals surface area contributed by atoms with Crippen molar-refractivity contribution in [2.24, 2.45) is 0 Å². The fraction of sp³-hybridized carbons (Fsp3) is 0.538. The van der Waals surface area contributed by atoms with Crippen LogP contribution in [0.3, 0.4) is 0 Å². The van der Waals surface area contributed by atoms with Crippen molar-refractivity contribution in [3.05, 3.63) is 29.3 Å². The fourth-order valence-corrected chi connectivity index (χ4v) is 2.39. The average Bonchev–Trinajstić information content (AvgIpc) is 2.68. The molecule has 0 aliphatic heterocycles. The Morgan fingerprint density at radius 3 is 3.06 bits per heavy atom. The molecule has 1 aromatic rings. The maximum absolute atomic E-state index is 9.20. The molecule has 2 rings (SSSR count). The second-order valence-electron chi connectivity index (χ2n) is 4.50. The van der Waals surface area contributed by atoms with Crippen molar-refractivity contribution >= 4 is 5.69 Å². The van der Waals surface area contributed by atoms with Gasteiger partial charge in [-0.1, -0.05) is 13.0 Å². The Balaban J connectivity index is 2.11. The van der Waals surface area contributed by atoms with E-state index >= 15 is 0 Å². The molecule has 2 unspecified atom stereocenters. The lowest BCUT2D eigenvalue weighted by atomic mass is 10.1. The molecule has 0 saturated carbocycles. The number of nitrogens with two attached hydrogens (primary N) is 1. The first kappa shape index (κ1) is 11.4. The minimum absolute atomic E-state index is 0.202. The van der Waals surface area contributed by atoms with Gasteiger partial charge in [-0.25, -0.2) is 0 Å². The van der Waals surface area contributed by atoms with Gasteiger partial charge in [0.05, 0.1) is 6.61 Å². The van der Waals surface area contributed by atoms with E-state index in [4.69, 9.17) is 5.73 Å². The molecule has 3 nitrogen and oxygen atoms in total. The summed E-state index contributed by atoms with van der Waals surface area (Å²) in [7, 11) is 0. The monoisotopic (exact) mass is 220 g/mol. The summed E-state index contributed by atoms with van der Waals surface area (Å²) in [6, 6.07) is 6.72. The van der Waals surface area contributed by atoms with Gasteiger partial charge in [-0.3, -0.25) is 0 Å². The van der Waals surface area contributed by atoms with Crippen LogP contribution in [0, 0.1) is 0 Å². The molecular weight excluding hydrogens is 200 g/mol. The van der Waals surface area contributed by atoms with Crippen molar-refractivity contribution in [2.75, 3.05) is 12.3 Å². The van der Waals surface area contributed by atoms with Crippen molar-refractivity contribution in [3.63, 3.8) is 0 Å². The molecule has 4 N–H and O–H groups in total. The van der Waals surface area contributed by atoms with Crippen LogP contribution in [0.4, 0.5) is 5.69 Å². The van der Waals surface area contributed by atoms with E-state index in [-0.39, 0.29) is 12.6 Å². The molecule has 88 valence electrons. The standard InChI is InChI=1S/C13H20N2O/c1-2-11(8-16)15-13-6-3-9-7-10(14)4-5-12(9)13/h4-5,7,11,13,15-16H,2-3,6,8,14H2,1H3. The van der Waals surface area contributed by atoms with E-state index in [9.17, 15) is 5.11 Å². The largest absolute Gasteiger partial charge is 0.399 e. The maximum atomic E-state index is 9.20. The number of nitrogen functional groups attached to an aromatic ring is 1. The normalized spacial score (nSPS) is 20.8. The SMILES string of the molecule is CCC(CO)NC1CCc2cc(N)ccc21. The zero-order valence-electron chi connectivity index (χ0n) is 9.74. The highest BCUT2D eigenvalue weighted by molar-refractivity contribution is 5.47. The highest BCUT2D eigenvalue weighted by Crippen LogP contribution is 2.32. The molecule has 1 aliphatic carbocycles. The zero-order chi connectivity index (χ0) is 11.5. The fourth-order valence-electron chi connectivity index (χ4n) is 2.39. The molecule has 0 amide bonds. The van der Waals surface area contributed by atoms with Gasteiger partial charge in [-0.05, 0) is 42.5 Å². The van der Waals surface area contributed by atoms with Crippen LogP contribution >= 0.6 is 0 Å². The van der Waals surface area contributed by atoms with Crippen molar-refractivity contribution in [2.45, 2.75) is 38.3 Å². The van der Waals surface area contributed by atoms with Gasteiger partial charge in [-0.2, -0.15) is 0 Å². The number of benzene rings is 1. The first-order chi connectivity index (χ1) is 7.74. The molecule has 1 aliphatic rings. The van der Waals surface area contributed by atoms with Crippen LogP contribution < -0.4 is 11.1 Å². The molecule has 0 saturated heterocycles. The van der Waals surface area contributed by atoms with Crippen molar-refractivity contribution < 1.29 is 5.11 Å². The van der Waals surface area contributed by atoms with Gasteiger partial charge in [-0.15, -0.1) is 0 Å². The topological polar surface area (TPSA) is 58.3 Å². The van der Waals surface area contributed by atoms with Crippen molar-refractivity contribution in [3.8, 4) is 0 Å². The van der Waals surface area contributed by atoms with E-state index in [0.717, 1.165) is 24.9 Å². The van der Waals surface area contributed by atoms with E-state index < -0.39 is 0 Å².